The molecular formula is C6H9NO2S. The molecule has 0 heterocycles. The van der Waals surface area contributed by atoms with Crippen LogP contribution in [0.5, 0.6) is 0 Å². The molecule has 0 aromatic rings. The van der Waals surface area contributed by atoms with Crippen molar-refractivity contribution in [3.8, 4) is 0 Å². The summed E-state index contributed by atoms with van der Waals surface area (Å²) in [4.78, 5) is 10.3. The number of carbonyl (C=O) groups is 1. The Bertz CT molecular complexity index is 156. The van der Waals surface area contributed by atoms with Crippen LogP contribution in [-0.4, -0.2) is 17.7 Å². The van der Waals surface area contributed by atoms with Gasteiger partial charge in [0, 0.05) is 6.92 Å². The van der Waals surface area contributed by atoms with Crippen LogP contribution < -0.4 is 5.32 Å². The molecule has 0 unspecified atom stereocenters. The summed E-state index contributed by atoms with van der Waals surface area (Å²) in [6.07, 6.45) is 1.55. The van der Waals surface area contributed by atoms with Crippen LogP contribution in [0.1, 0.15) is 6.92 Å². The van der Waals surface area contributed by atoms with Crippen molar-refractivity contribution in [2.75, 3.05) is 6.61 Å². The molecule has 10 heavy (non-hydrogen) atoms. The Balaban J connectivity index is 3.43. The number of amides is 1. The molecule has 0 atom stereocenters. The lowest BCUT2D eigenvalue weighted by Crippen LogP contribution is -2.28. The predicted octanol–water partition coefficient (Wildman–Crippen LogP) is 0.610. The summed E-state index contributed by atoms with van der Waals surface area (Å²) in [6.45, 7) is 5.10. The molecule has 0 aromatic carbocycles. The molecule has 56 valence electrons. The summed E-state index contributed by atoms with van der Waals surface area (Å²) < 4.78 is 4.78. The fourth-order valence-electron chi connectivity index (χ4n) is 0.314. The smallest absolute Gasteiger partial charge is 0.263 e. The lowest BCUT2D eigenvalue weighted by molar-refractivity contribution is -0.117. The first kappa shape index (κ1) is 9.10. The molecule has 0 bridgehead atoms. The number of hydrogen-bond acceptors (Lipinski definition) is 3. The van der Waals surface area contributed by atoms with Crippen molar-refractivity contribution in [1.82, 2.24) is 5.32 Å². The average Bonchev–Trinajstić information content (AvgIpc) is 1.82. The van der Waals surface area contributed by atoms with Gasteiger partial charge in [0.2, 0.25) is 5.91 Å². The fourth-order valence-corrected chi connectivity index (χ4v) is 0.526. The summed E-state index contributed by atoms with van der Waals surface area (Å²) in [5, 5.41) is 2.39. The Kier molecular flexibility index (Phi) is 4.49. The SMILES string of the molecule is C=CCOC(=S)NC(C)=O. The van der Waals surface area contributed by atoms with Crippen molar-refractivity contribution >= 4 is 23.3 Å². The minimum Gasteiger partial charge on any atom is -0.467 e. The van der Waals surface area contributed by atoms with Gasteiger partial charge in [-0.2, -0.15) is 0 Å². The summed E-state index contributed by atoms with van der Waals surface area (Å²) >= 11 is 4.59. The first-order chi connectivity index (χ1) is 4.66. The predicted molar refractivity (Wildman–Crippen MR) is 42.6 cm³/mol. The number of ether oxygens (including phenoxy) is 1. The summed E-state index contributed by atoms with van der Waals surface area (Å²) in [7, 11) is 0. The zero-order valence-electron chi connectivity index (χ0n) is 5.72. The van der Waals surface area contributed by atoms with Crippen LogP contribution in [0.4, 0.5) is 0 Å². The van der Waals surface area contributed by atoms with Crippen LogP contribution in [0.25, 0.3) is 0 Å². The third kappa shape index (κ3) is 5.24. The Morgan fingerprint density at radius 2 is 2.50 bits per heavy atom. The van der Waals surface area contributed by atoms with Crippen LogP contribution >= 0.6 is 12.2 Å². The highest BCUT2D eigenvalue weighted by Crippen LogP contribution is 1.78. The largest absolute Gasteiger partial charge is 0.467 e. The molecule has 0 spiro atoms. The van der Waals surface area contributed by atoms with E-state index in [0.29, 0.717) is 6.61 Å². The maximum atomic E-state index is 10.3. The van der Waals surface area contributed by atoms with Gasteiger partial charge in [0.1, 0.15) is 6.61 Å². The highest BCUT2D eigenvalue weighted by atomic mass is 32.1. The second-order valence-electron chi connectivity index (χ2n) is 1.57. The number of thiocarbonyl (C=S) groups is 1. The maximum Gasteiger partial charge on any atom is 0.263 e. The zero-order chi connectivity index (χ0) is 7.98. The molecule has 0 aromatic heterocycles. The Hall–Kier alpha value is -0.900. The molecule has 4 heteroatoms. The topological polar surface area (TPSA) is 38.3 Å². The van der Waals surface area contributed by atoms with Crippen molar-refractivity contribution < 1.29 is 9.53 Å². The van der Waals surface area contributed by atoms with Crippen molar-refractivity contribution in [1.29, 1.82) is 0 Å². The van der Waals surface area contributed by atoms with Gasteiger partial charge < -0.3 is 4.74 Å². The van der Waals surface area contributed by atoms with E-state index in [1.165, 1.54) is 6.92 Å². The Labute approximate surface area is 65.1 Å². The lowest BCUT2D eigenvalue weighted by atomic mass is 10.7. The summed E-state index contributed by atoms with van der Waals surface area (Å²) in [5.74, 6) is -0.228. The van der Waals surface area contributed by atoms with Gasteiger partial charge in [0.05, 0.1) is 0 Å². The monoisotopic (exact) mass is 159 g/mol. The molecule has 1 amide bonds. The van der Waals surface area contributed by atoms with Crippen LogP contribution in [0, 0.1) is 0 Å². The van der Waals surface area contributed by atoms with Gasteiger partial charge in [-0.3, -0.25) is 10.1 Å². The minimum absolute atomic E-state index is 0.0902. The molecule has 0 saturated heterocycles. The third-order valence-corrected chi connectivity index (χ3v) is 0.830. The van der Waals surface area contributed by atoms with Gasteiger partial charge in [-0.15, -0.1) is 0 Å². The normalized spacial score (nSPS) is 8.10. The number of carbonyl (C=O) groups excluding carboxylic acids is 1. The third-order valence-electron chi connectivity index (χ3n) is 0.610. The molecule has 0 fully saturated rings. The zero-order valence-corrected chi connectivity index (χ0v) is 6.53. The Morgan fingerprint density at radius 1 is 1.90 bits per heavy atom. The van der Waals surface area contributed by atoms with Gasteiger partial charge >= 0.3 is 0 Å². The van der Waals surface area contributed by atoms with Crippen LogP contribution in [0.2, 0.25) is 0 Å². The quantitative estimate of drug-likeness (QED) is 0.474. The molecule has 1 N–H and O–H groups in total. The van der Waals surface area contributed by atoms with E-state index in [1.54, 1.807) is 6.08 Å². The standard InChI is InChI=1S/C6H9NO2S/c1-3-4-9-6(10)7-5(2)8/h3H,1,4H2,2H3,(H,7,8,10). The molecule has 0 saturated carbocycles. The van der Waals surface area contributed by atoms with Gasteiger partial charge in [0.25, 0.3) is 5.17 Å². The highest BCUT2D eigenvalue weighted by Gasteiger charge is 1.95. The second kappa shape index (κ2) is 4.93. The lowest BCUT2D eigenvalue weighted by Gasteiger charge is -2.02. The van der Waals surface area contributed by atoms with Crippen LogP contribution in [-0.2, 0) is 9.53 Å². The minimum atomic E-state index is -0.228. The first-order valence-corrected chi connectivity index (χ1v) is 3.13. The highest BCUT2D eigenvalue weighted by molar-refractivity contribution is 7.80. The van der Waals surface area contributed by atoms with Crippen LogP contribution in [0.15, 0.2) is 12.7 Å². The number of rotatable bonds is 2. The van der Waals surface area contributed by atoms with Crippen molar-refractivity contribution in [3.05, 3.63) is 12.7 Å². The van der Waals surface area contributed by atoms with Gasteiger partial charge in [0.15, 0.2) is 0 Å². The molecule has 3 nitrogen and oxygen atoms in total. The van der Waals surface area contributed by atoms with Crippen LogP contribution in [0.3, 0.4) is 0 Å². The van der Waals surface area contributed by atoms with Crippen molar-refractivity contribution in [2.24, 2.45) is 0 Å². The van der Waals surface area contributed by atoms with E-state index in [9.17, 15) is 4.79 Å². The number of hydrogen-bond donors (Lipinski definition) is 1. The van der Waals surface area contributed by atoms with Crippen molar-refractivity contribution in [3.63, 3.8) is 0 Å². The van der Waals surface area contributed by atoms with E-state index >= 15 is 0 Å². The maximum absolute atomic E-state index is 10.3. The molecule has 0 radical (unpaired) electrons. The van der Waals surface area contributed by atoms with Crippen molar-refractivity contribution in [2.45, 2.75) is 6.92 Å². The van der Waals surface area contributed by atoms with E-state index in [0.717, 1.165) is 0 Å². The molecule has 0 aliphatic rings. The molecule has 0 aliphatic heterocycles. The van der Waals surface area contributed by atoms with E-state index in [-0.39, 0.29) is 11.1 Å². The van der Waals surface area contributed by atoms with Gasteiger partial charge in [-0.05, 0) is 12.2 Å². The average molecular weight is 159 g/mol. The van der Waals surface area contributed by atoms with E-state index in [1.807, 2.05) is 0 Å². The second-order valence-corrected chi connectivity index (χ2v) is 1.94. The molecule has 0 aliphatic carbocycles. The molecular weight excluding hydrogens is 150 g/mol. The first-order valence-electron chi connectivity index (χ1n) is 2.72. The summed E-state index contributed by atoms with van der Waals surface area (Å²) in [5.41, 5.74) is 0. The Morgan fingerprint density at radius 3 is 2.90 bits per heavy atom. The number of nitrogens with one attached hydrogen (secondary N) is 1. The van der Waals surface area contributed by atoms with Gasteiger partial charge in [-0.25, -0.2) is 0 Å². The summed E-state index contributed by atoms with van der Waals surface area (Å²) in [6, 6.07) is 0. The molecule has 0 rings (SSSR count). The van der Waals surface area contributed by atoms with E-state index in [4.69, 9.17) is 4.74 Å². The van der Waals surface area contributed by atoms with E-state index < -0.39 is 0 Å². The van der Waals surface area contributed by atoms with E-state index in [2.05, 4.69) is 24.1 Å². The fraction of sp³-hybridized carbons (Fsp3) is 0.333. The van der Waals surface area contributed by atoms with Gasteiger partial charge in [-0.1, -0.05) is 12.7 Å².